The molecule has 1 atom stereocenters. The first-order valence-corrected chi connectivity index (χ1v) is 5.50. The molecule has 0 aliphatic carbocycles. The third kappa shape index (κ3) is 3.73. The van der Waals surface area contributed by atoms with Crippen LogP contribution in [0.5, 0.6) is 0 Å². The van der Waals surface area contributed by atoms with E-state index in [0.717, 1.165) is 12.5 Å². The molecule has 3 N–H and O–H groups in total. The smallest absolute Gasteiger partial charge is 0.130 e. The van der Waals surface area contributed by atoms with Crippen molar-refractivity contribution in [3.05, 3.63) is 34.9 Å². The van der Waals surface area contributed by atoms with Gasteiger partial charge in [0.2, 0.25) is 0 Å². The summed E-state index contributed by atoms with van der Waals surface area (Å²) in [6, 6.07) is 2.05. The number of nitrogens with two attached hydrogens (primary N) is 1. The van der Waals surface area contributed by atoms with Crippen molar-refractivity contribution in [2.75, 3.05) is 13.7 Å². The topological polar surface area (TPSA) is 47.3 Å². The van der Waals surface area contributed by atoms with Crippen LogP contribution in [0, 0.1) is 18.6 Å². The number of benzene rings is 1. The lowest BCUT2D eigenvalue weighted by Gasteiger charge is -2.17. The molecule has 1 aromatic carbocycles. The summed E-state index contributed by atoms with van der Waals surface area (Å²) in [6.45, 7) is 2.18. The molecule has 0 saturated carbocycles. The standard InChI is InChI=1S/C12H18F2N2O/c1-8-6-9(11(14)7-10(8)13)12(16-15)4-3-5-17-2/h6-7,12,16H,3-5,15H2,1-2H3. The third-order valence-electron chi connectivity index (χ3n) is 2.70. The summed E-state index contributed by atoms with van der Waals surface area (Å²) in [5.74, 6) is 4.27. The van der Waals surface area contributed by atoms with Crippen LogP contribution in [0.1, 0.15) is 30.0 Å². The number of hydrazine groups is 1. The average Bonchev–Trinajstić information content (AvgIpc) is 2.30. The van der Waals surface area contributed by atoms with E-state index in [1.807, 2.05) is 0 Å². The van der Waals surface area contributed by atoms with Gasteiger partial charge in [-0.25, -0.2) is 8.78 Å². The second kappa shape index (κ2) is 6.64. The van der Waals surface area contributed by atoms with Gasteiger partial charge in [0.1, 0.15) is 11.6 Å². The molecule has 5 heteroatoms. The molecule has 0 aliphatic heterocycles. The highest BCUT2D eigenvalue weighted by Gasteiger charge is 2.16. The van der Waals surface area contributed by atoms with E-state index < -0.39 is 11.6 Å². The first-order valence-electron chi connectivity index (χ1n) is 5.50. The largest absolute Gasteiger partial charge is 0.385 e. The molecule has 3 nitrogen and oxygen atoms in total. The Kier molecular flexibility index (Phi) is 5.47. The summed E-state index contributed by atoms with van der Waals surface area (Å²) in [5, 5.41) is 0. The van der Waals surface area contributed by atoms with Crippen molar-refractivity contribution < 1.29 is 13.5 Å². The zero-order chi connectivity index (χ0) is 12.8. The van der Waals surface area contributed by atoms with Gasteiger partial charge in [-0.1, -0.05) is 0 Å². The molecule has 0 saturated heterocycles. The van der Waals surface area contributed by atoms with Gasteiger partial charge in [0.25, 0.3) is 0 Å². The number of ether oxygens (including phenoxy) is 1. The molecule has 17 heavy (non-hydrogen) atoms. The van der Waals surface area contributed by atoms with Gasteiger partial charge in [-0.15, -0.1) is 0 Å². The number of methoxy groups -OCH3 is 1. The third-order valence-corrected chi connectivity index (χ3v) is 2.70. The van der Waals surface area contributed by atoms with Gasteiger partial charge in [0.15, 0.2) is 0 Å². The molecule has 1 aromatic rings. The lowest BCUT2D eigenvalue weighted by Crippen LogP contribution is -2.29. The predicted octanol–water partition coefficient (Wildman–Crippen LogP) is 2.20. The minimum Gasteiger partial charge on any atom is -0.385 e. The van der Waals surface area contributed by atoms with Gasteiger partial charge < -0.3 is 4.74 Å². The van der Waals surface area contributed by atoms with Crippen molar-refractivity contribution in [2.45, 2.75) is 25.8 Å². The van der Waals surface area contributed by atoms with E-state index in [1.165, 1.54) is 6.07 Å². The Hall–Kier alpha value is -1.04. The normalized spacial score (nSPS) is 12.8. The fourth-order valence-corrected chi connectivity index (χ4v) is 1.71. The lowest BCUT2D eigenvalue weighted by atomic mass is 10.00. The molecule has 96 valence electrons. The van der Waals surface area contributed by atoms with Crippen molar-refractivity contribution in [3.8, 4) is 0 Å². The van der Waals surface area contributed by atoms with E-state index in [1.54, 1.807) is 14.0 Å². The predicted molar refractivity (Wildman–Crippen MR) is 62.3 cm³/mol. The van der Waals surface area contributed by atoms with Gasteiger partial charge in [-0.05, 0) is 31.4 Å². The monoisotopic (exact) mass is 244 g/mol. The SMILES string of the molecule is COCCCC(NN)c1cc(C)c(F)cc1F. The summed E-state index contributed by atoms with van der Waals surface area (Å²) in [5.41, 5.74) is 3.35. The Balaban J connectivity index is 2.84. The number of halogens is 2. The maximum atomic E-state index is 13.6. The Morgan fingerprint density at radius 3 is 2.65 bits per heavy atom. The average molecular weight is 244 g/mol. The Morgan fingerprint density at radius 1 is 1.35 bits per heavy atom. The zero-order valence-corrected chi connectivity index (χ0v) is 10.1. The van der Waals surface area contributed by atoms with Crippen molar-refractivity contribution >= 4 is 0 Å². The quantitative estimate of drug-likeness (QED) is 0.458. The van der Waals surface area contributed by atoms with E-state index in [2.05, 4.69) is 5.43 Å². The summed E-state index contributed by atoms with van der Waals surface area (Å²) < 4.78 is 31.7. The maximum absolute atomic E-state index is 13.6. The van der Waals surface area contributed by atoms with Crippen LogP contribution in [-0.4, -0.2) is 13.7 Å². The van der Waals surface area contributed by atoms with Crippen molar-refractivity contribution in [1.29, 1.82) is 0 Å². The number of hydrogen-bond donors (Lipinski definition) is 2. The summed E-state index contributed by atoms with van der Waals surface area (Å²) >= 11 is 0. The molecular weight excluding hydrogens is 226 g/mol. The van der Waals surface area contributed by atoms with Gasteiger partial charge in [0, 0.05) is 31.4 Å². The minimum atomic E-state index is -0.575. The molecule has 0 spiro atoms. The minimum absolute atomic E-state index is 0.329. The van der Waals surface area contributed by atoms with E-state index in [4.69, 9.17) is 10.6 Å². The Bertz CT molecular complexity index is 372. The van der Waals surface area contributed by atoms with Crippen LogP contribution in [0.25, 0.3) is 0 Å². The number of nitrogens with one attached hydrogen (secondary N) is 1. The first-order chi connectivity index (χ1) is 8.10. The molecule has 0 heterocycles. The molecule has 1 unspecified atom stereocenters. The second-order valence-corrected chi connectivity index (χ2v) is 3.98. The molecule has 0 amide bonds. The Morgan fingerprint density at radius 2 is 2.06 bits per heavy atom. The molecule has 0 aliphatic rings. The van der Waals surface area contributed by atoms with E-state index in [0.29, 0.717) is 24.2 Å². The van der Waals surface area contributed by atoms with E-state index in [9.17, 15) is 8.78 Å². The van der Waals surface area contributed by atoms with Crippen molar-refractivity contribution in [2.24, 2.45) is 5.84 Å². The van der Waals surface area contributed by atoms with Gasteiger partial charge in [-0.3, -0.25) is 11.3 Å². The summed E-state index contributed by atoms with van der Waals surface area (Å²) in [7, 11) is 1.60. The lowest BCUT2D eigenvalue weighted by molar-refractivity contribution is 0.188. The van der Waals surface area contributed by atoms with Crippen LogP contribution >= 0.6 is 0 Å². The van der Waals surface area contributed by atoms with Gasteiger partial charge in [-0.2, -0.15) is 0 Å². The van der Waals surface area contributed by atoms with E-state index >= 15 is 0 Å². The molecular formula is C12H18F2N2O. The molecule has 1 rings (SSSR count). The van der Waals surface area contributed by atoms with Gasteiger partial charge in [0.05, 0.1) is 0 Å². The fourth-order valence-electron chi connectivity index (χ4n) is 1.71. The molecule has 0 aromatic heterocycles. The summed E-state index contributed by atoms with van der Waals surface area (Å²) in [6.07, 6.45) is 1.38. The maximum Gasteiger partial charge on any atom is 0.130 e. The van der Waals surface area contributed by atoms with Gasteiger partial charge >= 0.3 is 0 Å². The van der Waals surface area contributed by atoms with Crippen LogP contribution < -0.4 is 11.3 Å². The highest BCUT2D eigenvalue weighted by atomic mass is 19.1. The fraction of sp³-hybridized carbons (Fsp3) is 0.500. The van der Waals surface area contributed by atoms with Crippen LogP contribution in [0.4, 0.5) is 8.78 Å². The highest BCUT2D eigenvalue weighted by Crippen LogP contribution is 2.23. The van der Waals surface area contributed by atoms with Crippen LogP contribution in [-0.2, 0) is 4.74 Å². The molecule has 0 fully saturated rings. The Labute approximate surface area is 99.9 Å². The zero-order valence-electron chi connectivity index (χ0n) is 10.1. The van der Waals surface area contributed by atoms with Crippen molar-refractivity contribution in [3.63, 3.8) is 0 Å². The number of rotatable bonds is 6. The van der Waals surface area contributed by atoms with Crippen LogP contribution in [0.15, 0.2) is 12.1 Å². The van der Waals surface area contributed by atoms with Crippen LogP contribution in [0.3, 0.4) is 0 Å². The van der Waals surface area contributed by atoms with Crippen molar-refractivity contribution in [1.82, 2.24) is 5.43 Å². The summed E-state index contributed by atoms with van der Waals surface area (Å²) in [4.78, 5) is 0. The van der Waals surface area contributed by atoms with E-state index in [-0.39, 0.29) is 6.04 Å². The number of aryl methyl sites for hydroxylation is 1. The first kappa shape index (κ1) is 14.0. The molecule has 0 bridgehead atoms. The number of hydrogen-bond acceptors (Lipinski definition) is 3. The second-order valence-electron chi connectivity index (χ2n) is 3.98. The highest BCUT2D eigenvalue weighted by molar-refractivity contribution is 5.28. The van der Waals surface area contributed by atoms with Crippen LogP contribution in [0.2, 0.25) is 0 Å². The molecule has 0 radical (unpaired) electrons.